The highest BCUT2D eigenvalue weighted by Crippen LogP contribution is 2.20. The molecule has 1 aromatic carbocycles. The van der Waals surface area contributed by atoms with Crippen LogP contribution in [0, 0.1) is 0 Å². The Morgan fingerprint density at radius 2 is 1.88 bits per heavy atom. The van der Waals surface area contributed by atoms with E-state index in [-0.39, 0.29) is 26.3 Å². The van der Waals surface area contributed by atoms with E-state index in [1.165, 1.54) is 4.90 Å². The Morgan fingerprint density at radius 3 is 2.58 bits per heavy atom. The number of esters is 1. The first kappa shape index (κ1) is 17.5. The second kappa shape index (κ2) is 8.14. The maximum absolute atomic E-state index is 12.1. The molecule has 1 heterocycles. The number of para-hydroxylation sites is 1. The molecule has 7 heteroatoms. The Hall–Kier alpha value is -2.83. The number of amides is 1. The Balaban J connectivity index is 2.25. The minimum absolute atomic E-state index is 0.112. The number of fused-ring (bicyclic) bond motifs is 1. The first-order valence-corrected chi connectivity index (χ1v) is 7.76. The SMILES string of the molecule is CCOC(=O)CN(Cc1cc2ccccc2nc1N)C(=O)OCC. The number of pyridine rings is 1. The molecule has 0 saturated heterocycles. The molecular formula is C17H21N3O4. The minimum Gasteiger partial charge on any atom is -0.465 e. The molecule has 0 fully saturated rings. The smallest absolute Gasteiger partial charge is 0.410 e. The Kier molecular flexibility index (Phi) is 5.95. The third-order valence-electron chi connectivity index (χ3n) is 3.35. The zero-order valence-corrected chi connectivity index (χ0v) is 13.8. The quantitative estimate of drug-likeness (QED) is 0.816. The first-order valence-electron chi connectivity index (χ1n) is 7.76. The predicted molar refractivity (Wildman–Crippen MR) is 90.2 cm³/mol. The van der Waals surface area contributed by atoms with E-state index in [1.54, 1.807) is 13.8 Å². The van der Waals surface area contributed by atoms with Crippen molar-refractivity contribution < 1.29 is 19.1 Å². The van der Waals surface area contributed by atoms with Crippen molar-refractivity contribution in [1.29, 1.82) is 0 Å². The molecule has 0 bridgehead atoms. The van der Waals surface area contributed by atoms with Gasteiger partial charge in [0.15, 0.2) is 0 Å². The zero-order chi connectivity index (χ0) is 17.5. The summed E-state index contributed by atoms with van der Waals surface area (Å²) in [5, 5.41) is 0.904. The number of hydrogen-bond donors (Lipinski definition) is 1. The molecule has 0 spiro atoms. The largest absolute Gasteiger partial charge is 0.465 e. The predicted octanol–water partition coefficient (Wildman–Crippen LogP) is 2.34. The van der Waals surface area contributed by atoms with Gasteiger partial charge in [-0.05, 0) is 26.0 Å². The van der Waals surface area contributed by atoms with Crippen molar-refractivity contribution in [3.05, 3.63) is 35.9 Å². The maximum atomic E-state index is 12.1. The van der Waals surface area contributed by atoms with Gasteiger partial charge in [-0.3, -0.25) is 9.69 Å². The molecule has 2 N–H and O–H groups in total. The van der Waals surface area contributed by atoms with E-state index in [2.05, 4.69) is 4.98 Å². The molecule has 1 amide bonds. The summed E-state index contributed by atoms with van der Waals surface area (Å²) in [5.74, 6) is -0.190. The Morgan fingerprint density at radius 1 is 1.17 bits per heavy atom. The molecular weight excluding hydrogens is 310 g/mol. The van der Waals surface area contributed by atoms with Gasteiger partial charge < -0.3 is 15.2 Å². The number of anilines is 1. The van der Waals surface area contributed by atoms with Gasteiger partial charge in [-0.2, -0.15) is 0 Å². The van der Waals surface area contributed by atoms with Gasteiger partial charge in [0.1, 0.15) is 12.4 Å². The molecule has 128 valence electrons. The summed E-state index contributed by atoms with van der Waals surface area (Å²) >= 11 is 0. The van der Waals surface area contributed by atoms with Gasteiger partial charge in [-0.1, -0.05) is 18.2 Å². The average Bonchev–Trinajstić information content (AvgIpc) is 2.55. The molecule has 0 aliphatic rings. The highest BCUT2D eigenvalue weighted by molar-refractivity contribution is 5.82. The molecule has 0 saturated carbocycles. The number of ether oxygens (including phenoxy) is 2. The van der Waals surface area contributed by atoms with Crippen LogP contribution in [-0.4, -0.2) is 41.7 Å². The lowest BCUT2D eigenvalue weighted by atomic mass is 10.1. The minimum atomic E-state index is -0.599. The molecule has 0 aliphatic heterocycles. The molecule has 7 nitrogen and oxygen atoms in total. The summed E-state index contributed by atoms with van der Waals surface area (Å²) in [6, 6.07) is 9.39. The van der Waals surface area contributed by atoms with Crippen LogP contribution in [0.2, 0.25) is 0 Å². The Bertz CT molecular complexity index is 733. The normalized spacial score (nSPS) is 10.4. The number of rotatable bonds is 6. The van der Waals surface area contributed by atoms with Gasteiger partial charge in [-0.15, -0.1) is 0 Å². The number of nitrogens with zero attached hydrogens (tertiary/aromatic N) is 2. The summed E-state index contributed by atoms with van der Waals surface area (Å²) in [7, 11) is 0. The fourth-order valence-electron chi connectivity index (χ4n) is 2.27. The van der Waals surface area contributed by atoms with Crippen LogP contribution >= 0.6 is 0 Å². The summed E-state index contributed by atoms with van der Waals surface area (Å²) in [5.41, 5.74) is 7.41. The van der Waals surface area contributed by atoms with Crippen molar-refractivity contribution in [3.8, 4) is 0 Å². The van der Waals surface area contributed by atoms with Crippen molar-refractivity contribution >= 4 is 28.8 Å². The van der Waals surface area contributed by atoms with Crippen LogP contribution in [0.5, 0.6) is 0 Å². The van der Waals surface area contributed by atoms with E-state index in [0.717, 1.165) is 10.9 Å². The summed E-state index contributed by atoms with van der Waals surface area (Å²) in [4.78, 5) is 29.4. The van der Waals surface area contributed by atoms with Crippen LogP contribution in [0.1, 0.15) is 19.4 Å². The van der Waals surface area contributed by atoms with E-state index in [1.807, 2.05) is 30.3 Å². The average molecular weight is 331 g/mol. The number of carbonyl (C=O) groups is 2. The third-order valence-corrected chi connectivity index (χ3v) is 3.35. The number of nitrogens with two attached hydrogens (primary N) is 1. The lowest BCUT2D eigenvalue weighted by Crippen LogP contribution is -2.36. The van der Waals surface area contributed by atoms with Gasteiger partial charge in [0.25, 0.3) is 0 Å². The summed E-state index contributed by atoms with van der Waals surface area (Å²) in [6.07, 6.45) is -0.599. The Labute approximate surface area is 140 Å². The second-order valence-electron chi connectivity index (χ2n) is 5.09. The molecule has 2 rings (SSSR count). The van der Waals surface area contributed by atoms with Crippen molar-refractivity contribution in [1.82, 2.24) is 9.88 Å². The van der Waals surface area contributed by atoms with Crippen LogP contribution in [0.4, 0.5) is 10.6 Å². The summed E-state index contributed by atoms with van der Waals surface area (Å²) in [6.45, 7) is 3.77. The zero-order valence-electron chi connectivity index (χ0n) is 13.8. The van der Waals surface area contributed by atoms with Crippen LogP contribution in [0.3, 0.4) is 0 Å². The monoisotopic (exact) mass is 331 g/mol. The molecule has 1 aromatic heterocycles. The van der Waals surface area contributed by atoms with E-state index < -0.39 is 12.1 Å². The number of benzene rings is 1. The van der Waals surface area contributed by atoms with Crippen LogP contribution in [0.25, 0.3) is 10.9 Å². The van der Waals surface area contributed by atoms with Gasteiger partial charge in [0.05, 0.1) is 25.3 Å². The maximum Gasteiger partial charge on any atom is 0.410 e. The van der Waals surface area contributed by atoms with Gasteiger partial charge in [0.2, 0.25) is 0 Å². The molecule has 0 aliphatic carbocycles. The molecule has 0 atom stereocenters. The summed E-state index contributed by atoms with van der Waals surface area (Å²) < 4.78 is 9.90. The van der Waals surface area contributed by atoms with E-state index in [4.69, 9.17) is 15.2 Å². The molecule has 0 unspecified atom stereocenters. The lowest BCUT2D eigenvalue weighted by Gasteiger charge is -2.21. The van der Waals surface area contributed by atoms with Crippen molar-refractivity contribution in [2.75, 3.05) is 25.5 Å². The van der Waals surface area contributed by atoms with Gasteiger partial charge >= 0.3 is 12.1 Å². The topological polar surface area (TPSA) is 94.8 Å². The number of aromatic nitrogens is 1. The van der Waals surface area contributed by atoms with Gasteiger partial charge in [0, 0.05) is 10.9 Å². The number of carbonyl (C=O) groups excluding carboxylic acids is 2. The van der Waals surface area contributed by atoms with E-state index in [9.17, 15) is 9.59 Å². The van der Waals surface area contributed by atoms with Crippen LogP contribution in [-0.2, 0) is 20.8 Å². The van der Waals surface area contributed by atoms with Crippen molar-refractivity contribution in [2.45, 2.75) is 20.4 Å². The van der Waals surface area contributed by atoms with Crippen LogP contribution < -0.4 is 5.73 Å². The third kappa shape index (κ3) is 4.34. The first-order chi connectivity index (χ1) is 11.5. The fourth-order valence-corrected chi connectivity index (χ4v) is 2.27. The molecule has 24 heavy (non-hydrogen) atoms. The highest BCUT2D eigenvalue weighted by atomic mass is 16.6. The molecule has 2 aromatic rings. The highest BCUT2D eigenvalue weighted by Gasteiger charge is 2.21. The van der Waals surface area contributed by atoms with E-state index in [0.29, 0.717) is 11.4 Å². The second-order valence-corrected chi connectivity index (χ2v) is 5.09. The standard InChI is InChI=1S/C17H21N3O4/c1-3-23-15(21)11-20(17(22)24-4-2)10-13-9-12-7-5-6-8-14(12)19-16(13)18/h5-9H,3-4,10-11H2,1-2H3,(H2,18,19). The molecule has 0 radical (unpaired) electrons. The van der Waals surface area contributed by atoms with Crippen molar-refractivity contribution in [3.63, 3.8) is 0 Å². The van der Waals surface area contributed by atoms with Gasteiger partial charge in [-0.25, -0.2) is 9.78 Å². The lowest BCUT2D eigenvalue weighted by molar-refractivity contribution is -0.144. The number of hydrogen-bond acceptors (Lipinski definition) is 6. The number of nitrogen functional groups attached to an aromatic ring is 1. The van der Waals surface area contributed by atoms with Crippen LogP contribution in [0.15, 0.2) is 30.3 Å². The van der Waals surface area contributed by atoms with E-state index >= 15 is 0 Å². The van der Waals surface area contributed by atoms with Crippen molar-refractivity contribution in [2.24, 2.45) is 0 Å². The fraction of sp³-hybridized carbons (Fsp3) is 0.353.